The average molecular weight is 347 g/mol. The van der Waals surface area contributed by atoms with Gasteiger partial charge in [0.25, 0.3) is 10.1 Å². The molecule has 1 radical (unpaired) electrons. The Hall–Kier alpha value is 0.806. The normalized spacial score (nSPS) is 19.2. The first-order valence-electron chi connectivity index (χ1n) is 5.86. The Morgan fingerprint density at radius 1 is 1.50 bits per heavy atom. The van der Waals surface area contributed by atoms with Crippen molar-refractivity contribution in [3.8, 4) is 11.5 Å². The summed E-state index contributed by atoms with van der Waals surface area (Å²) in [7, 11) is -3.98. The van der Waals surface area contributed by atoms with Crippen LogP contribution in [0.3, 0.4) is 0 Å². The van der Waals surface area contributed by atoms with Crippen molar-refractivity contribution in [2.45, 2.75) is 24.7 Å². The van der Waals surface area contributed by atoms with Gasteiger partial charge in [0.2, 0.25) is 0 Å². The van der Waals surface area contributed by atoms with Gasteiger partial charge in [-0.2, -0.15) is 8.42 Å². The first kappa shape index (κ1) is 18.9. The fourth-order valence-electron chi connectivity index (χ4n) is 1.56. The summed E-state index contributed by atoms with van der Waals surface area (Å²) in [6.07, 6.45) is 0.0546. The maximum atomic E-state index is 10.8. The summed E-state index contributed by atoms with van der Waals surface area (Å²) in [5.41, 5.74) is 0. The second-order valence-electron chi connectivity index (χ2n) is 4.34. The second-order valence-corrected chi connectivity index (χ2v) is 6.92. The van der Waals surface area contributed by atoms with Crippen LogP contribution in [0.2, 0.25) is 0 Å². The topological polar surface area (TPSA) is 82.1 Å². The van der Waals surface area contributed by atoms with Gasteiger partial charge in [-0.15, -0.1) is 11.3 Å². The van der Waals surface area contributed by atoms with Crippen molar-refractivity contribution >= 4 is 72.8 Å². The number of hydrogen-bond donors (Lipinski definition) is 1. The molecule has 0 fully saturated rings. The van der Waals surface area contributed by atoms with Crippen molar-refractivity contribution in [3.05, 3.63) is 10.8 Å². The first-order valence-corrected chi connectivity index (χ1v) is 8.31. The number of rotatable bonds is 6. The summed E-state index contributed by atoms with van der Waals surface area (Å²) in [4.78, 5) is 0. The van der Waals surface area contributed by atoms with E-state index in [-0.39, 0.29) is 70.5 Å². The molecule has 1 aliphatic heterocycles. The van der Waals surface area contributed by atoms with E-state index in [1.807, 2.05) is 10.8 Å². The van der Waals surface area contributed by atoms with Crippen LogP contribution in [-0.2, 0) is 14.9 Å². The van der Waals surface area contributed by atoms with E-state index in [1.54, 1.807) is 0 Å². The van der Waals surface area contributed by atoms with Gasteiger partial charge in [0.1, 0.15) is 6.61 Å². The zero-order chi connectivity index (χ0) is 13.9. The largest absolute Gasteiger partial charge is 0.485 e. The monoisotopic (exact) mass is 347 g/mol. The van der Waals surface area contributed by atoms with E-state index < -0.39 is 15.4 Å². The Bertz CT molecular complexity index is 515. The van der Waals surface area contributed by atoms with Crippen LogP contribution in [0.25, 0.3) is 0 Å². The van der Waals surface area contributed by atoms with E-state index in [9.17, 15) is 8.42 Å². The molecule has 0 amide bonds. The molecule has 0 saturated carbocycles. The van der Waals surface area contributed by atoms with Crippen molar-refractivity contribution in [3.63, 3.8) is 0 Å². The molecule has 0 saturated heterocycles. The minimum absolute atomic E-state index is 0. The Balaban J connectivity index is 0.00000200. The van der Waals surface area contributed by atoms with Crippen LogP contribution in [0.5, 0.6) is 11.5 Å². The van der Waals surface area contributed by atoms with E-state index in [0.29, 0.717) is 13.2 Å². The molecule has 9 heteroatoms. The quantitative estimate of drug-likeness (QED) is 0.473. The Morgan fingerprint density at radius 2 is 2.20 bits per heavy atom. The summed E-state index contributed by atoms with van der Waals surface area (Å²) in [6.45, 7) is 2.43. The second kappa shape index (κ2) is 8.44. The van der Waals surface area contributed by atoms with Crippen molar-refractivity contribution in [1.82, 2.24) is 0 Å². The van der Waals surface area contributed by atoms with E-state index in [4.69, 9.17) is 18.8 Å². The average Bonchev–Trinajstić information content (AvgIpc) is 2.80. The van der Waals surface area contributed by atoms with Crippen LogP contribution in [0.15, 0.2) is 10.8 Å². The zero-order valence-corrected chi connectivity index (χ0v) is 16.2. The maximum Gasteiger partial charge on any atom is 0.267 e. The van der Waals surface area contributed by atoms with Gasteiger partial charge in [-0.05, 0) is 13.3 Å². The minimum Gasteiger partial charge on any atom is -0.485 e. The Labute approximate surface area is 165 Å². The predicted molar refractivity (Wildman–Crippen MR) is 76.4 cm³/mol. The van der Waals surface area contributed by atoms with Gasteiger partial charge in [0.15, 0.2) is 17.6 Å². The molecular formula is C11H16KO6S2. The Kier molecular flexibility index (Phi) is 7.96. The molecule has 109 valence electrons. The summed E-state index contributed by atoms with van der Waals surface area (Å²) in [6, 6.07) is 0. The molecule has 2 rings (SSSR count). The fourth-order valence-corrected chi connectivity index (χ4v) is 2.62. The standard InChI is InChI=1S/C11H16O6S2.K/c1-8(19(12,13)14)2-3-15-4-9-5-16-10-6-18-7-11(10)17-9;/h6-9H,2-5H2,1H3,(H,12,13,14);. The Morgan fingerprint density at radius 3 is 2.90 bits per heavy atom. The molecule has 0 aliphatic carbocycles. The summed E-state index contributed by atoms with van der Waals surface area (Å²) in [5.74, 6) is 1.47. The van der Waals surface area contributed by atoms with Crippen molar-refractivity contribution in [2.24, 2.45) is 0 Å². The molecule has 1 aromatic heterocycles. The van der Waals surface area contributed by atoms with Gasteiger partial charge >= 0.3 is 0 Å². The van der Waals surface area contributed by atoms with Crippen LogP contribution in [0.4, 0.5) is 0 Å². The molecular weight excluding hydrogens is 331 g/mol. The number of hydrogen-bond acceptors (Lipinski definition) is 6. The smallest absolute Gasteiger partial charge is 0.267 e. The molecule has 0 aromatic carbocycles. The van der Waals surface area contributed by atoms with E-state index in [0.717, 1.165) is 11.5 Å². The van der Waals surface area contributed by atoms with Gasteiger partial charge in [0, 0.05) is 68.8 Å². The summed E-state index contributed by atoms with van der Waals surface area (Å²) >= 11 is 1.51. The molecule has 20 heavy (non-hydrogen) atoms. The SMILES string of the molecule is CC(CCOCC1COc2cscc2O1)S(=O)(=O)O.[K]. The van der Waals surface area contributed by atoms with Gasteiger partial charge in [-0.3, -0.25) is 4.55 Å². The maximum absolute atomic E-state index is 10.8. The molecule has 6 nitrogen and oxygen atoms in total. The molecule has 1 N–H and O–H groups in total. The van der Waals surface area contributed by atoms with Crippen LogP contribution < -0.4 is 9.47 Å². The third kappa shape index (κ3) is 5.54. The number of ether oxygens (including phenoxy) is 3. The predicted octanol–water partition coefficient (Wildman–Crippen LogP) is 1.19. The molecule has 2 unspecified atom stereocenters. The van der Waals surface area contributed by atoms with E-state index in [1.165, 1.54) is 18.3 Å². The van der Waals surface area contributed by atoms with E-state index >= 15 is 0 Å². The van der Waals surface area contributed by atoms with Gasteiger partial charge in [-0.1, -0.05) is 0 Å². The molecule has 0 spiro atoms. The van der Waals surface area contributed by atoms with Crippen LogP contribution in [-0.4, -0.2) is 95.5 Å². The molecule has 2 heterocycles. The van der Waals surface area contributed by atoms with Gasteiger partial charge in [0.05, 0.1) is 11.9 Å². The first-order chi connectivity index (χ1) is 8.97. The number of thiophene rings is 1. The van der Waals surface area contributed by atoms with Crippen LogP contribution in [0.1, 0.15) is 13.3 Å². The zero-order valence-electron chi connectivity index (χ0n) is 11.4. The summed E-state index contributed by atoms with van der Waals surface area (Å²) in [5, 5.41) is 2.92. The molecule has 2 atom stereocenters. The minimum atomic E-state index is -3.98. The third-order valence-corrected chi connectivity index (χ3v) is 4.75. The molecule has 1 aromatic rings. The molecule has 1 aliphatic rings. The fraction of sp³-hybridized carbons (Fsp3) is 0.636. The van der Waals surface area contributed by atoms with Crippen molar-refractivity contribution < 1.29 is 27.2 Å². The van der Waals surface area contributed by atoms with Crippen LogP contribution in [0, 0.1) is 0 Å². The van der Waals surface area contributed by atoms with Gasteiger partial charge < -0.3 is 14.2 Å². The molecule has 0 bridgehead atoms. The summed E-state index contributed by atoms with van der Waals surface area (Å²) < 4.78 is 46.8. The van der Waals surface area contributed by atoms with Crippen LogP contribution >= 0.6 is 11.3 Å². The van der Waals surface area contributed by atoms with Crippen molar-refractivity contribution in [2.75, 3.05) is 19.8 Å². The van der Waals surface area contributed by atoms with Crippen molar-refractivity contribution in [1.29, 1.82) is 0 Å². The van der Waals surface area contributed by atoms with E-state index in [2.05, 4.69) is 0 Å². The van der Waals surface area contributed by atoms with Gasteiger partial charge in [-0.25, -0.2) is 0 Å². The third-order valence-electron chi connectivity index (χ3n) is 2.79. The number of fused-ring (bicyclic) bond motifs is 1.